The van der Waals surface area contributed by atoms with Crippen molar-refractivity contribution < 1.29 is 4.79 Å². The van der Waals surface area contributed by atoms with E-state index in [1.807, 2.05) is 0 Å². The zero-order chi connectivity index (χ0) is 13.5. The molecule has 2 unspecified atom stereocenters. The number of rotatable bonds is 7. The Hall–Kier alpha value is -0.370. The van der Waals surface area contributed by atoms with Gasteiger partial charge in [-0.15, -0.1) is 0 Å². The minimum atomic E-state index is 0.306. The maximum absolute atomic E-state index is 12.1. The second kappa shape index (κ2) is 7.93. The fourth-order valence-electron chi connectivity index (χ4n) is 3.46. The minimum Gasteiger partial charge on any atom is -0.303 e. The molecule has 0 aliphatic heterocycles. The van der Waals surface area contributed by atoms with Gasteiger partial charge in [0.2, 0.25) is 0 Å². The van der Waals surface area contributed by atoms with E-state index in [9.17, 15) is 4.79 Å². The minimum absolute atomic E-state index is 0.306. The third kappa shape index (κ3) is 4.38. The van der Waals surface area contributed by atoms with E-state index < -0.39 is 0 Å². The molecule has 106 valence electrons. The molecule has 1 aliphatic rings. The van der Waals surface area contributed by atoms with Crippen LogP contribution in [0.2, 0.25) is 0 Å². The van der Waals surface area contributed by atoms with Gasteiger partial charge in [0.15, 0.2) is 0 Å². The number of nitrogens with zero attached hydrogens (tertiary/aromatic N) is 1. The summed E-state index contributed by atoms with van der Waals surface area (Å²) in [6.45, 7) is 7.72. The van der Waals surface area contributed by atoms with Gasteiger partial charge in [-0.25, -0.2) is 0 Å². The van der Waals surface area contributed by atoms with Gasteiger partial charge in [0.05, 0.1) is 0 Å². The van der Waals surface area contributed by atoms with Gasteiger partial charge in [-0.1, -0.05) is 33.6 Å². The molecule has 1 saturated carbocycles. The average Bonchev–Trinajstić information content (AvgIpc) is 2.35. The Morgan fingerprint density at radius 3 is 2.50 bits per heavy atom. The summed E-state index contributed by atoms with van der Waals surface area (Å²) in [6.07, 6.45) is 8.03. The molecule has 1 aliphatic carbocycles. The summed E-state index contributed by atoms with van der Waals surface area (Å²) in [5.74, 6) is 1.62. The van der Waals surface area contributed by atoms with Crippen LogP contribution in [0.5, 0.6) is 0 Å². The van der Waals surface area contributed by atoms with Crippen LogP contribution in [0.3, 0.4) is 0 Å². The Balaban J connectivity index is 2.49. The molecule has 2 atom stereocenters. The molecule has 0 radical (unpaired) electrons. The molecule has 2 nitrogen and oxygen atoms in total. The van der Waals surface area contributed by atoms with E-state index >= 15 is 0 Å². The summed E-state index contributed by atoms with van der Waals surface area (Å²) in [5.41, 5.74) is 0. The van der Waals surface area contributed by atoms with Crippen LogP contribution in [0, 0.1) is 11.8 Å². The first-order valence-electron chi connectivity index (χ1n) is 7.85. The van der Waals surface area contributed by atoms with Gasteiger partial charge in [-0.05, 0) is 38.6 Å². The SMILES string of the molecule is CCCC1CCC(=O)C(CN(C)C(CC)CC)C1. The number of carbonyl (C=O) groups is 1. The van der Waals surface area contributed by atoms with E-state index in [1.54, 1.807) is 0 Å². The summed E-state index contributed by atoms with van der Waals surface area (Å²) >= 11 is 0. The third-order valence-corrected chi connectivity index (χ3v) is 4.64. The van der Waals surface area contributed by atoms with Crippen LogP contribution in [0.25, 0.3) is 0 Å². The van der Waals surface area contributed by atoms with E-state index in [0.29, 0.717) is 17.7 Å². The van der Waals surface area contributed by atoms with Crippen LogP contribution in [0.1, 0.15) is 65.7 Å². The molecular weight excluding hydrogens is 222 g/mol. The number of carbonyl (C=O) groups excluding carboxylic acids is 1. The molecule has 0 aromatic rings. The summed E-state index contributed by atoms with van der Waals surface area (Å²) in [7, 11) is 2.19. The van der Waals surface area contributed by atoms with Gasteiger partial charge in [-0.3, -0.25) is 4.79 Å². The van der Waals surface area contributed by atoms with E-state index in [2.05, 4.69) is 32.7 Å². The first kappa shape index (κ1) is 15.7. The highest BCUT2D eigenvalue weighted by molar-refractivity contribution is 5.81. The summed E-state index contributed by atoms with van der Waals surface area (Å²) < 4.78 is 0. The van der Waals surface area contributed by atoms with Gasteiger partial charge < -0.3 is 4.90 Å². The quantitative estimate of drug-likeness (QED) is 0.686. The van der Waals surface area contributed by atoms with Crippen LogP contribution in [0.15, 0.2) is 0 Å². The van der Waals surface area contributed by atoms with Gasteiger partial charge in [0.25, 0.3) is 0 Å². The van der Waals surface area contributed by atoms with Crippen molar-refractivity contribution in [2.24, 2.45) is 11.8 Å². The lowest BCUT2D eigenvalue weighted by Gasteiger charge is -2.34. The van der Waals surface area contributed by atoms with Crippen molar-refractivity contribution in [3.63, 3.8) is 0 Å². The van der Waals surface area contributed by atoms with Crippen LogP contribution < -0.4 is 0 Å². The Bertz CT molecular complexity index is 247. The van der Waals surface area contributed by atoms with Gasteiger partial charge in [0.1, 0.15) is 5.78 Å². The zero-order valence-electron chi connectivity index (χ0n) is 12.7. The van der Waals surface area contributed by atoms with Crippen molar-refractivity contribution in [3.8, 4) is 0 Å². The summed E-state index contributed by atoms with van der Waals surface area (Å²) in [5, 5.41) is 0. The number of ketones is 1. The van der Waals surface area contributed by atoms with Crippen molar-refractivity contribution in [1.82, 2.24) is 4.90 Å². The fraction of sp³-hybridized carbons (Fsp3) is 0.938. The summed E-state index contributed by atoms with van der Waals surface area (Å²) in [6, 6.07) is 0.643. The highest BCUT2D eigenvalue weighted by Gasteiger charge is 2.29. The first-order chi connectivity index (χ1) is 8.62. The lowest BCUT2D eigenvalue weighted by molar-refractivity contribution is -0.126. The highest BCUT2D eigenvalue weighted by Crippen LogP contribution is 2.30. The molecule has 2 heteroatoms. The van der Waals surface area contributed by atoms with Gasteiger partial charge in [0, 0.05) is 24.9 Å². The maximum atomic E-state index is 12.1. The predicted molar refractivity (Wildman–Crippen MR) is 77.7 cm³/mol. The zero-order valence-corrected chi connectivity index (χ0v) is 12.7. The monoisotopic (exact) mass is 253 g/mol. The molecule has 0 amide bonds. The smallest absolute Gasteiger partial charge is 0.137 e. The number of Topliss-reactive ketones (excluding diaryl/α,β-unsaturated/α-hetero) is 1. The molecule has 0 saturated heterocycles. The van der Waals surface area contributed by atoms with Crippen LogP contribution in [-0.2, 0) is 4.79 Å². The molecule has 0 bridgehead atoms. The molecule has 1 rings (SSSR count). The van der Waals surface area contributed by atoms with Crippen molar-refractivity contribution in [2.75, 3.05) is 13.6 Å². The van der Waals surface area contributed by atoms with E-state index in [4.69, 9.17) is 0 Å². The first-order valence-corrected chi connectivity index (χ1v) is 7.85. The number of hydrogen-bond acceptors (Lipinski definition) is 2. The van der Waals surface area contributed by atoms with Gasteiger partial charge in [-0.2, -0.15) is 0 Å². The van der Waals surface area contributed by atoms with Crippen molar-refractivity contribution >= 4 is 5.78 Å². The average molecular weight is 253 g/mol. The predicted octanol–water partition coefficient (Wildman–Crippen LogP) is 3.89. The lowest BCUT2D eigenvalue weighted by Crippen LogP contribution is -2.39. The van der Waals surface area contributed by atoms with Gasteiger partial charge >= 0.3 is 0 Å². The van der Waals surface area contributed by atoms with Crippen LogP contribution in [0.4, 0.5) is 0 Å². The Morgan fingerprint density at radius 2 is 1.94 bits per heavy atom. The molecule has 0 spiro atoms. The largest absolute Gasteiger partial charge is 0.303 e. The maximum Gasteiger partial charge on any atom is 0.137 e. The number of hydrogen-bond donors (Lipinski definition) is 0. The Morgan fingerprint density at radius 1 is 1.28 bits per heavy atom. The second-order valence-corrected chi connectivity index (χ2v) is 6.00. The van der Waals surface area contributed by atoms with Crippen LogP contribution >= 0.6 is 0 Å². The van der Waals surface area contributed by atoms with Crippen LogP contribution in [-0.4, -0.2) is 30.3 Å². The van der Waals surface area contributed by atoms with Crippen molar-refractivity contribution in [1.29, 1.82) is 0 Å². The normalized spacial score (nSPS) is 25.1. The molecule has 0 aromatic carbocycles. The molecule has 0 heterocycles. The molecule has 0 aromatic heterocycles. The standard InChI is InChI=1S/C16H31NO/c1-5-8-13-9-10-16(18)14(11-13)12-17(4)15(6-2)7-3/h13-15H,5-12H2,1-4H3. The third-order valence-electron chi connectivity index (χ3n) is 4.64. The Kier molecular flexibility index (Phi) is 6.91. The van der Waals surface area contributed by atoms with E-state index in [-0.39, 0.29) is 0 Å². The molecule has 1 fully saturated rings. The summed E-state index contributed by atoms with van der Waals surface area (Å²) in [4.78, 5) is 14.5. The molecular formula is C16H31NO. The lowest BCUT2D eigenvalue weighted by atomic mass is 9.78. The molecule has 18 heavy (non-hydrogen) atoms. The topological polar surface area (TPSA) is 20.3 Å². The van der Waals surface area contributed by atoms with Crippen molar-refractivity contribution in [2.45, 2.75) is 71.8 Å². The Labute approximate surface area is 113 Å². The second-order valence-electron chi connectivity index (χ2n) is 6.00. The van der Waals surface area contributed by atoms with Crippen molar-refractivity contribution in [3.05, 3.63) is 0 Å². The highest BCUT2D eigenvalue weighted by atomic mass is 16.1. The fourth-order valence-corrected chi connectivity index (χ4v) is 3.46. The van der Waals surface area contributed by atoms with E-state index in [0.717, 1.165) is 31.7 Å². The van der Waals surface area contributed by atoms with E-state index in [1.165, 1.54) is 25.7 Å². The molecule has 0 N–H and O–H groups in total.